The molecule has 1 aliphatic rings. The Labute approximate surface area is 163 Å². The van der Waals surface area contributed by atoms with Gasteiger partial charge in [-0.25, -0.2) is 14.4 Å². The largest absolute Gasteiger partial charge is 0.342 e. The maximum absolute atomic E-state index is 13.0. The quantitative estimate of drug-likeness (QED) is 0.680. The first-order chi connectivity index (χ1) is 13.7. The van der Waals surface area contributed by atoms with Crippen molar-refractivity contribution >= 4 is 5.91 Å². The summed E-state index contributed by atoms with van der Waals surface area (Å²) in [5.74, 6) is 0.987. The lowest BCUT2D eigenvalue weighted by atomic mass is 9.94. The van der Waals surface area contributed by atoms with Crippen LogP contribution in [0.1, 0.15) is 36.4 Å². The van der Waals surface area contributed by atoms with E-state index in [1.54, 1.807) is 24.7 Å². The highest BCUT2D eigenvalue weighted by atomic mass is 19.1. The zero-order valence-electron chi connectivity index (χ0n) is 15.7. The molecule has 0 unspecified atom stereocenters. The lowest BCUT2D eigenvalue weighted by Crippen LogP contribution is -2.39. The number of likely N-dealkylation sites (tertiary alicyclic amines) is 1. The highest BCUT2D eigenvalue weighted by Crippen LogP contribution is 2.26. The van der Waals surface area contributed by atoms with E-state index in [9.17, 15) is 9.18 Å². The van der Waals surface area contributed by atoms with Crippen LogP contribution in [0.2, 0.25) is 0 Å². The van der Waals surface area contributed by atoms with Crippen molar-refractivity contribution in [2.75, 3.05) is 13.1 Å². The fraction of sp³-hybridized carbons (Fsp3) is 0.318. The van der Waals surface area contributed by atoms with Gasteiger partial charge in [-0.1, -0.05) is 18.2 Å². The van der Waals surface area contributed by atoms with Crippen LogP contribution in [0.3, 0.4) is 0 Å². The second-order valence-corrected chi connectivity index (χ2v) is 7.20. The zero-order chi connectivity index (χ0) is 19.3. The first kappa shape index (κ1) is 18.3. The van der Waals surface area contributed by atoms with E-state index in [1.807, 2.05) is 33.9 Å². The number of benzene rings is 1. The Bertz CT molecular complexity index is 924. The first-order valence-corrected chi connectivity index (χ1v) is 9.66. The molecular formula is C22H23FN4O. The molecule has 0 N–H and O–H groups in total. The van der Waals surface area contributed by atoms with Gasteiger partial charge < -0.3 is 4.90 Å². The van der Waals surface area contributed by atoms with Crippen molar-refractivity contribution in [3.63, 3.8) is 0 Å². The van der Waals surface area contributed by atoms with Crippen LogP contribution in [0.5, 0.6) is 0 Å². The summed E-state index contributed by atoms with van der Waals surface area (Å²) in [6.07, 6.45) is 8.43. The molecular weight excluding hydrogens is 355 g/mol. The Balaban J connectivity index is 1.39. The molecule has 6 heteroatoms. The van der Waals surface area contributed by atoms with E-state index in [1.165, 1.54) is 12.1 Å². The summed E-state index contributed by atoms with van der Waals surface area (Å²) in [5.41, 5.74) is 2.00. The highest BCUT2D eigenvalue weighted by Gasteiger charge is 2.25. The number of amides is 1. The van der Waals surface area contributed by atoms with Crippen LogP contribution in [-0.2, 0) is 11.2 Å². The summed E-state index contributed by atoms with van der Waals surface area (Å²) >= 11 is 0. The van der Waals surface area contributed by atoms with Gasteiger partial charge in [0.05, 0.1) is 0 Å². The molecule has 2 aromatic heterocycles. The monoisotopic (exact) mass is 378 g/mol. The van der Waals surface area contributed by atoms with E-state index in [-0.39, 0.29) is 17.6 Å². The highest BCUT2D eigenvalue weighted by molar-refractivity contribution is 5.76. The Morgan fingerprint density at radius 3 is 2.82 bits per heavy atom. The van der Waals surface area contributed by atoms with E-state index in [4.69, 9.17) is 4.98 Å². The number of carbonyl (C=O) groups excluding carboxylic acids is 1. The third kappa shape index (κ3) is 4.27. The van der Waals surface area contributed by atoms with Crippen LogP contribution >= 0.6 is 0 Å². The van der Waals surface area contributed by atoms with Crippen LogP contribution < -0.4 is 0 Å². The van der Waals surface area contributed by atoms with Gasteiger partial charge in [0.1, 0.15) is 18.0 Å². The van der Waals surface area contributed by atoms with E-state index in [0.717, 1.165) is 36.5 Å². The Morgan fingerprint density at radius 2 is 2.04 bits per heavy atom. The van der Waals surface area contributed by atoms with Gasteiger partial charge in [-0.05, 0) is 49.1 Å². The number of piperidine rings is 1. The standard InChI is InChI=1S/C22H23FN4O/c23-19-9-6-17(7-10-19)8-11-22(28)26-13-2-3-18(15-26)20-4-1-5-21(25-20)27-14-12-24-16-27/h1,4-7,9-10,12,14,16,18H,2-3,8,11,13,15H2/t18-/m1/s1. The molecule has 4 rings (SSSR count). The minimum absolute atomic E-state index is 0.153. The normalized spacial score (nSPS) is 16.9. The maximum atomic E-state index is 13.0. The molecule has 28 heavy (non-hydrogen) atoms. The summed E-state index contributed by atoms with van der Waals surface area (Å²) < 4.78 is 14.9. The molecule has 5 nitrogen and oxygen atoms in total. The maximum Gasteiger partial charge on any atom is 0.222 e. The molecule has 0 saturated carbocycles. The summed E-state index contributed by atoms with van der Waals surface area (Å²) in [6, 6.07) is 12.4. The molecule has 0 bridgehead atoms. The SMILES string of the molecule is O=C(CCc1ccc(F)cc1)N1CCC[C@@H](c2cccc(-n3ccnc3)n2)C1. The molecule has 1 amide bonds. The lowest BCUT2D eigenvalue weighted by Gasteiger charge is -2.32. The predicted octanol–water partition coefficient (Wildman–Crippen LogP) is 3.75. The summed E-state index contributed by atoms with van der Waals surface area (Å²) in [5, 5.41) is 0. The average molecular weight is 378 g/mol. The number of rotatable bonds is 5. The van der Waals surface area contributed by atoms with Gasteiger partial charge in [0, 0.05) is 43.5 Å². The molecule has 1 atom stereocenters. The third-order valence-electron chi connectivity index (χ3n) is 5.26. The molecule has 0 radical (unpaired) electrons. The molecule has 0 aliphatic carbocycles. The summed E-state index contributed by atoms with van der Waals surface area (Å²) in [6.45, 7) is 1.49. The van der Waals surface area contributed by atoms with Gasteiger partial charge >= 0.3 is 0 Å². The Morgan fingerprint density at radius 1 is 1.18 bits per heavy atom. The van der Waals surface area contributed by atoms with Crippen LogP contribution in [0.15, 0.2) is 61.2 Å². The fourth-order valence-corrected chi connectivity index (χ4v) is 3.71. The van der Waals surface area contributed by atoms with E-state index in [0.29, 0.717) is 19.4 Å². The van der Waals surface area contributed by atoms with Crippen molar-refractivity contribution in [1.29, 1.82) is 0 Å². The van der Waals surface area contributed by atoms with Crippen molar-refractivity contribution in [2.45, 2.75) is 31.6 Å². The first-order valence-electron chi connectivity index (χ1n) is 9.66. The molecule has 0 spiro atoms. The molecule has 1 aliphatic heterocycles. The molecule has 1 aromatic carbocycles. The Kier molecular flexibility index (Phi) is 5.46. The van der Waals surface area contributed by atoms with Crippen molar-refractivity contribution in [3.8, 4) is 5.82 Å². The fourth-order valence-electron chi connectivity index (χ4n) is 3.71. The van der Waals surface area contributed by atoms with Crippen molar-refractivity contribution in [3.05, 3.63) is 78.3 Å². The van der Waals surface area contributed by atoms with Crippen LogP contribution in [-0.4, -0.2) is 38.4 Å². The number of hydrogen-bond donors (Lipinski definition) is 0. The summed E-state index contributed by atoms with van der Waals surface area (Å²) in [7, 11) is 0. The van der Waals surface area contributed by atoms with E-state index < -0.39 is 0 Å². The molecule has 1 saturated heterocycles. The average Bonchev–Trinajstić information content (AvgIpc) is 3.28. The van der Waals surface area contributed by atoms with Gasteiger partial charge in [0.15, 0.2) is 0 Å². The van der Waals surface area contributed by atoms with Crippen molar-refractivity contribution < 1.29 is 9.18 Å². The Hall–Kier alpha value is -3.02. The topological polar surface area (TPSA) is 51.0 Å². The number of carbonyl (C=O) groups is 1. The number of aromatic nitrogens is 3. The van der Waals surface area contributed by atoms with Gasteiger partial charge in [-0.2, -0.15) is 0 Å². The third-order valence-corrected chi connectivity index (χ3v) is 5.26. The van der Waals surface area contributed by atoms with Gasteiger partial charge in [-0.3, -0.25) is 9.36 Å². The molecule has 1 fully saturated rings. The number of imidazole rings is 1. The van der Waals surface area contributed by atoms with Gasteiger partial charge in [0.25, 0.3) is 0 Å². The second kappa shape index (κ2) is 8.33. The minimum atomic E-state index is -0.251. The van der Waals surface area contributed by atoms with Gasteiger partial charge in [0.2, 0.25) is 5.91 Å². The van der Waals surface area contributed by atoms with Crippen molar-refractivity contribution in [2.24, 2.45) is 0 Å². The number of nitrogens with zero attached hydrogens (tertiary/aromatic N) is 4. The molecule has 3 heterocycles. The number of hydrogen-bond acceptors (Lipinski definition) is 3. The smallest absolute Gasteiger partial charge is 0.222 e. The van der Waals surface area contributed by atoms with Crippen LogP contribution in [0.25, 0.3) is 5.82 Å². The number of aryl methyl sites for hydroxylation is 1. The molecule has 144 valence electrons. The number of pyridine rings is 1. The lowest BCUT2D eigenvalue weighted by molar-refractivity contribution is -0.132. The molecule has 3 aromatic rings. The van der Waals surface area contributed by atoms with Crippen LogP contribution in [0.4, 0.5) is 4.39 Å². The zero-order valence-corrected chi connectivity index (χ0v) is 15.7. The van der Waals surface area contributed by atoms with E-state index in [2.05, 4.69) is 4.98 Å². The predicted molar refractivity (Wildman–Crippen MR) is 105 cm³/mol. The van der Waals surface area contributed by atoms with Gasteiger partial charge in [-0.15, -0.1) is 0 Å². The summed E-state index contributed by atoms with van der Waals surface area (Å²) in [4.78, 5) is 23.5. The minimum Gasteiger partial charge on any atom is -0.342 e. The second-order valence-electron chi connectivity index (χ2n) is 7.20. The van der Waals surface area contributed by atoms with Crippen molar-refractivity contribution in [1.82, 2.24) is 19.4 Å². The number of halogens is 1. The van der Waals surface area contributed by atoms with E-state index >= 15 is 0 Å². The van der Waals surface area contributed by atoms with Crippen LogP contribution in [0, 0.1) is 5.82 Å².